The summed E-state index contributed by atoms with van der Waals surface area (Å²) in [7, 11) is 5.26. The van der Waals surface area contributed by atoms with Gasteiger partial charge in [0.2, 0.25) is 17.6 Å². The fourth-order valence-electron chi connectivity index (χ4n) is 3.07. The number of rotatable bonds is 5. The Bertz CT molecular complexity index is 703. The Morgan fingerprint density at radius 3 is 2.56 bits per heavy atom. The first-order valence-electron chi connectivity index (χ1n) is 8.47. The highest BCUT2D eigenvalue weighted by atomic mass is 16.5. The van der Waals surface area contributed by atoms with Gasteiger partial charge in [-0.2, -0.15) is 4.98 Å². The molecular formula is C18H24N4O3. The summed E-state index contributed by atoms with van der Waals surface area (Å²) < 4.78 is 10.5. The van der Waals surface area contributed by atoms with Gasteiger partial charge in [-0.1, -0.05) is 5.16 Å². The molecule has 3 rings (SSSR count). The third kappa shape index (κ3) is 4.17. The van der Waals surface area contributed by atoms with Crippen LogP contribution in [0.25, 0.3) is 11.4 Å². The van der Waals surface area contributed by atoms with E-state index in [-0.39, 0.29) is 11.8 Å². The molecule has 134 valence electrons. The summed E-state index contributed by atoms with van der Waals surface area (Å²) in [4.78, 5) is 20.4. The first kappa shape index (κ1) is 17.4. The minimum Gasteiger partial charge on any atom is -0.497 e. The van der Waals surface area contributed by atoms with Gasteiger partial charge in [-0.05, 0) is 50.2 Å². The molecule has 0 bridgehead atoms. The summed E-state index contributed by atoms with van der Waals surface area (Å²) in [6.45, 7) is 2.35. The lowest BCUT2D eigenvalue weighted by atomic mass is 9.95. The minimum atomic E-state index is 0.129. The second-order valence-corrected chi connectivity index (χ2v) is 6.52. The van der Waals surface area contributed by atoms with Gasteiger partial charge in [0.15, 0.2) is 0 Å². The van der Waals surface area contributed by atoms with E-state index >= 15 is 0 Å². The number of hydrogen-bond acceptors (Lipinski definition) is 6. The third-order valence-electron chi connectivity index (χ3n) is 4.55. The predicted octanol–water partition coefficient (Wildman–Crippen LogP) is 2.05. The number of piperidine rings is 1. The number of hydrogen-bond donors (Lipinski definition) is 0. The van der Waals surface area contributed by atoms with Gasteiger partial charge in [0.25, 0.3) is 0 Å². The number of methoxy groups -OCH3 is 1. The Balaban J connectivity index is 1.56. The average molecular weight is 344 g/mol. The second-order valence-electron chi connectivity index (χ2n) is 6.52. The van der Waals surface area contributed by atoms with Crippen LogP contribution in [0.4, 0.5) is 0 Å². The number of carbonyl (C=O) groups is 1. The smallest absolute Gasteiger partial charge is 0.241 e. The van der Waals surface area contributed by atoms with Crippen LogP contribution in [0.1, 0.15) is 18.7 Å². The molecule has 2 heterocycles. The molecule has 1 aliphatic rings. The molecule has 0 spiro atoms. The third-order valence-corrected chi connectivity index (χ3v) is 4.55. The monoisotopic (exact) mass is 344 g/mol. The zero-order chi connectivity index (χ0) is 17.8. The summed E-state index contributed by atoms with van der Waals surface area (Å²) in [5.74, 6) is 2.32. The number of aromatic nitrogens is 2. The molecule has 0 unspecified atom stereocenters. The molecule has 1 aromatic carbocycles. The summed E-state index contributed by atoms with van der Waals surface area (Å²) in [6, 6.07) is 7.56. The topological polar surface area (TPSA) is 71.7 Å². The van der Waals surface area contributed by atoms with Crippen LogP contribution in [-0.2, 0) is 11.3 Å². The number of ether oxygens (including phenoxy) is 1. The quantitative estimate of drug-likeness (QED) is 0.827. The molecule has 25 heavy (non-hydrogen) atoms. The van der Waals surface area contributed by atoms with Crippen molar-refractivity contribution in [3.63, 3.8) is 0 Å². The maximum absolute atomic E-state index is 12.0. The summed E-state index contributed by atoms with van der Waals surface area (Å²) >= 11 is 0. The summed E-state index contributed by atoms with van der Waals surface area (Å²) in [5, 5.41) is 4.06. The molecule has 0 saturated carbocycles. The van der Waals surface area contributed by atoms with E-state index in [1.54, 1.807) is 12.0 Å². The molecule has 7 nitrogen and oxygen atoms in total. The summed E-state index contributed by atoms with van der Waals surface area (Å²) in [5.41, 5.74) is 0.895. The van der Waals surface area contributed by atoms with Crippen molar-refractivity contribution in [2.45, 2.75) is 19.4 Å². The normalized spacial score (nSPS) is 16.0. The highest BCUT2D eigenvalue weighted by Gasteiger charge is 2.26. The fourth-order valence-corrected chi connectivity index (χ4v) is 3.07. The van der Waals surface area contributed by atoms with E-state index in [0.717, 1.165) is 37.2 Å². The standard InChI is InChI=1S/C18H24N4O3/c1-21(2)18(23)14-8-10-22(11-9-14)12-16-19-17(20-25-16)13-4-6-15(24-3)7-5-13/h4-7,14H,8-12H2,1-3H3. The predicted molar refractivity (Wildman–Crippen MR) is 93.0 cm³/mol. The van der Waals surface area contributed by atoms with Crippen LogP contribution in [0.15, 0.2) is 28.8 Å². The van der Waals surface area contributed by atoms with Gasteiger partial charge in [0, 0.05) is 25.6 Å². The van der Waals surface area contributed by atoms with Gasteiger partial charge >= 0.3 is 0 Å². The minimum absolute atomic E-state index is 0.129. The number of benzene rings is 1. The molecule has 7 heteroatoms. The molecule has 0 aliphatic carbocycles. The number of nitrogens with zero attached hydrogens (tertiary/aromatic N) is 4. The van der Waals surface area contributed by atoms with Crippen LogP contribution in [0, 0.1) is 5.92 Å². The lowest BCUT2D eigenvalue weighted by molar-refractivity contribution is -0.134. The van der Waals surface area contributed by atoms with Crippen molar-refractivity contribution in [3.8, 4) is 17.1 Å². The van der Waals surface area contributed by atoms with Crippen molar-refractivity contribution in [2.24, 2.45) is 5.92 Å². The van der Waals surface area contributed by atoms with Crippen LogP contribution in [0.5, 0.6) is 5.75 Å². The zero-order valence-corrected chi connectivity index (χ0v) is 14.9. The molecule has 1 amide bonds. The van der Waals surface area contributed by atoms with E-state index in [4.69, 9.17) is 9.26 Å². The first-order valence-corrected chi connectivity index (χ1v) is 8.47. The van der Waals surface area contributed by atoms with Gasteiger partial charge in [-0.25, -0.2) is 0 Å². The Morgan fingerprint density at radius 2 is 1.96 bits per heavy atom. The average Bonchev–Trinajstić information content (AvgIpc) is 3.10. The van der Waals surface area contributed by atoms with Crippen molar-refractivity contribution < 1.29 is 14.1 Å². The highest BCUT2D eigenvalue weighted by molar-refractivity contribution is 5.78. The van der Waals surface area contributed by atoms with Crippen LogP contribution >= 0.6 is 0 Å². The Kier molecular flexibility index (Phi) is 5.33. The van der Waals surface area contributed by atoms with E-state index in [9.17, 15) is 4.79 Å². The van der Waals surface area contributed by atoms with Crippen molar-refractivity contribution in [1.82, 2.24) is 19.9 Å². The molecule has 0 atom stereocenters. The van der Waals surface area contributed by atoms with Crippen LogP contribution < -0.4 is 4.74 Å². The maximum Gasteiger partial charge on any atom is 0.241 e. The second kappa shape index (κ2) is 7.65. The molecule has 0 N–H and O–H groups in total. The van der Waals surface area contributed by atoms with Crippen molar-refractivity contribution in [2.75, 3.05) is 34.3 Å². The molecule has 1 fully saturated rings. The molecular weight excluding hydrogens is 320 g/mol. The van der Waals surface area contributed by atoms with E-state index < -0.39 is 0 Å². The van der Waals surface area contributed by atoms with Gasteiger partial charge in [-0.3, -0.25) is 9.69 Å². The van der Waals surface area contributed by atoms with E-state index in [1.807, 2.05) is 38.4 Å². The van der Waals surface area contributed by atoms with Crippen molar-refractivity contribution in [3.05, 3.63) is 30.2 Å². The number of carbonyl (C=O) groups excluding carboxylic acids is 1. The van der Waals surface area contributed by atoms with Crippen LogP contribution in [0.2, 0.25) is 0 Å². The Morgan fingerprint density at radius 1 is 1.28 bits per heavy atom. The SMILES string of the molecule is COc1ccc(-c2noc(CN3CCC(C(=O)N(C)C)CC3)n2)cc1. The Hall–Kier alpha value is -2.41. The largest absolute Gasteiger partial charge is 0.497 e. The molecule has 2 aromatic rings. The Labute approximate surface area is 147 Å². The number of likely N-dealkylation sites (tertiary alicyclic amines) is 1. The fraction of sp³-hybridized carbons (Fsp3) is 0.500. The highest BCUT2D eigenvalue weighted by Crippen LogP contribution is 2.22. The maximum atomic E-state index is 12.0. The van der Waals surface area contributed by atoms with Gasteiger partial charge in [0.1, 0.15) is 5.75 Å². The number of amides is 1. The van der Waals surface area contributed by atoms with Crippen molar-refractivity contribution in [1.29, 1.82) is 0 Å². The van der Waals surface area contributed by atoms with Gasteiger partial charge in [0.05, 0.1) is 13.7 Å². The lowest BCUT2D eigenvalue weighted by Crippen LogP contribution is -2.39. The first-order chi connectivity index (χ1) is 12.1. The zero-order valence-electron chi connectivity index (χ0n) is 14.9. The van der Waals surface area contributed by atoms with Crippen LogP contribution in [-0.4, -0.2) is 60.1 Å². The van der Waals surface area contributed by atoms with E-state index in [0.29, 0.717) is 18.3 Å². The summed E-state index contributed by atoms with van der Waals surface area (Å²) in [6.07, 6.45) is 1.74. The van der Waals surface area contributed by atoms with E-state index in [1.165, 1.54) is 0 Å². The molecule has 1 saturated heterocycles. The van der Waals surface area contributed by atoms with Gasteiger partial charge < -0.3 is 14.2 Å². The van der Waals surface area contributed by atoms with Crippen molar-refractivity contribution >= 4 is 5.91 Å². The van der Waals surface area contributed by atoms with E-state index in [2.05, 4.69) is 15.0 Å². The molecule has 1 aromatic heterocycles. The molecule has 0 radical (unpaired) electrons. The lowest BCUT2D eigenvalue weighted by Gasteiger charge is -2.31. The van der Waals surface area contributed by atoms with Crippen LogP contribution in [0.3, 0.4) is 0 Å². The molecule has 1 aliphatic heterocycles. The van der Waals surface area contributed by atoms with Gasteiger partial charge in [-0.15, -0.1) is 0 Å².